The first-order valence-corrected chi connectivity index (χ1v) is 4.10. The van der Waals surface area contributed by atoms with E-state index in [1.807, 2.05) is 0 Å². The van der Waals surface area contributed by atoms with Crippen LogP contribution in [-0.4, -0.2) is 36.2 Å². The third-order valence-electron chi connectivity index (χ3n) is 1.56. The summed E-state index contributed by atoms with van der Waals surface area (Å²) in [6.45, 7) is 5.60. The van der Waals surface area contributed by atoms with Crippen molar-refractivity contribution in [1.82, 2.24) is 0 Å². The Morgan fingerprint density at radius 1 is 1.77 bits per heavy atom. The first-order chi connectivity index (χ1) is 6.07. The van der Waals surface area contributed by atoms with Crippen LogP contribution in [0.3, 0.4) is 0 Å². The average Bonchev–Trinajstić information content (AvgIpc) is 2.03. The molecule has 0 heterocycles. The van der Waals surface area contributed by atoms with Gasteiger partial charge < -0.3 is 10.8 Å². The van der Waals surface area contributed by atoms with E-state index in [-0.39, 0.29) is 0 Å². The molecule has 0 aliphatic heterocycles. The number of nitrogens with two attached hydrogens (primary N) is 1. The predicted molar refractivity (Wildman–Crippen MR) is 50.9 cm³/mol. The summed E-state index contributed by atoms with van der Waals surface area (Å²) in [5.41, 5.74) is 5.31. The zero-order chi connectivity index (χ0) is 10.3. The van der Waals surface area contributed by atoms with Crippen molar-refractivity contribution in [2.75, 3.05) is 6.54 Å². The van der Waals surface area contributed by atoms with Gasteiger partial charge in [0.1, 0.15) is 6.72 Å². The number of carboxylic acids is 1. The molecule has 5 nitrogen and oxygen atoms in total. The third kappa shape index (κ3) is 5.84. The molecule has 0 aromatic carbocycles. The molecular weight excluding hydrogens is 170 g/mol. The highest BCUT2D eigenvalue weighted by Crippen LogP contribution is 1.93. The van der Waals surface area contributed by atoms with Crippen molar-refractivity contribution >= 4 is 18.5 Å². The van der Waals surface area contributed by atoms with Crippen LogP contribution >= 0.6 is 0 Å². The molecule has 5 heteroatoms. The van der Waals surface area contributed by atoms with Crippen molar-refractivity contribution in [3.05, 3.63) is 0 Å². The molecule has 4 N–H and O–H groups in total. The number of carbonyl (C=O) groups is 1. The molecule has 0 amide bonds. The van der Waals surface area contributed by atoms with E-state index in [4.69, 9.17) is 10.8 Å². The van der Waals surface area contributed by atoms with Crippen molar-refractivity contribution in [1.29, 1.82) is 0 Å². The number of aliphatic carboxylic acids is 1. The summed E-state index contributed by atoms with van der Waals surface area (Å²) in [7, 11) is 0. The minimum Gasteiger partial charge on any atom is -0.476 e. The molecule has 0 radical (unpaired) electrons. The topological polar surface area (TPSA) is 89.6 Å². The molecule has 0 spiro atoms. The van der Waals surface area contributed by atoms with Gasteiger partial charge in [0.25, 0.3) is 0 Å². The number of aliphatic imine (C=N–C) groups is 1. The highest BCUT2D eigenvalue weighted by molar-refractivity contribution is 5.77. The molecule has 1 unspecified atom stereocenters. The van der Waals surface area contributed by atoms with Crippen LogP contribution in [0.4, 0.5) is 0 Å². The van der Waals surface area contributed by atoms with Crippen LogP contribution in [0.1, 0.15) is 19.8 Å². The fourth-order valence-electron chi connectivity index (χ4n) is 0.864. The zero-order valence-electron chi connectivity index (χ0n) is 7.79. The van der Waals surface area contributed by atoms with Crippen LogP contribution in [0.2, 0.25) is 0 Å². The number of hydrogen-bond donors (Lipinski definition) is 3. The maximum Gasteiger partial charge on any atom is 0.372 e. The Labute approximate surface area is 77.4 Å². The number of carboxylic acid groups (broad SMARTS) is 1. The third-order valence-corrected chi connectivity index (χ3v) is 1.56. The second kappa shape index (κ2) is 6.16. The molecule has 0 aliphatic rings. The lowest BCUT2D eigenvalue weighted by atomic mass is 10.2. The van der Waals surface area contributed by atoms with Crippen molar-refractivity contribution in [2.24, 2.45) is 10.7 Å². The monoisotopic (exact) mass is 186 g/mol. The normalized spacial score (nSPS) is 13.8. The Morgan fingerprint density at radius 3 is 2.77 bits per heavy atom. The van der Waals surface area contributed by atoms with E-state index in [9.17, 15) is 4.79 Å². The lowest BCUT2D eigenvalue weighted by molar-refractivity contribution is -0.482. The summed E-state index contributed by atoms with van der Waals surface area (Å²) in [6, 6.07) is -0.590. The van der Waals surface area contributed by atoms with Gasteiger partial charge in [0.15, 0.2) is 0 Å². The summed E-state index contributed by atoms with van der Waals surface area (Å²) in [6.07, 6.45) is 1.20. The van der Waals surface area contributed by atoms with Crippen molar-refractivity contribution < 1.29 is 14.9 Å². The molecular formula is C8H16N3O2+. The number of hydrogen-bond acceptors (Lipinski definition) is 2. The number of rotatable bonds is 6. The number of amidine groups is 1. The van der Waals surface area contributed by atoms with E-state index < -0.39 is 12.0 Å². The molecule has 0 aromatic heterocycles. The van der Waals surface area contributed by atoms with Crippen LogP contribution in [0.25, 0.3) is 0 Å². The van der Waals surface area contributed by atoms with E-state index in [0.717, 1.165) is 0 Å². The lowest BCUT2D eigenvalue weighted by Gasteiger charge is -1.99. The Bertz CT molecular complexity index is 209. The average molecular weight is 186 g/mol. The van der Waals surface area contributed by atoms with Gasteiger partial charge in [0.05, 0.1) is 5.84 Å². The Morgan fingerprint density at radius 2 is 2.38 bits per heavy atom. The van der Waals surface area contributed by atoms with Crippen LogP contribution in [0.15, 0.2) is 4.99 Å². The van der Waals surface area contributed by atoms with Crippen molar-refractivity contribution in [3.8, 4) is 0 Å². The van der Waals surface area contributed by atoms with E-state index in [0.29, 0.717) is 25.2 Å². The van der Waals surface area contributed by atoms with Gasteiger partial charge in [0, 0.05) is 13.0 Å². The van der Waals surface area contributed by atoms with Gasteiger partial charge in [0.2, 0.25) is 6.04 Å². The summed E-state index contributed by atoms with van der Waals surface area (Å²) in [5, 5.41) is 8.62. The molecule has 0 rings (SSSR count). The van der Waals surface area contributed by atoms with Crippen LogP contribution in [0, 0.1) is 0 Å². The smallest absolute Gasteiger partial charge is 0.372 e. The number of nitrogens with one attached hydrogen (secondary N) is 1. The van der Waals surface area contributed by atoms with Gasteiger partial charge in [-0.2, -0.15) is 0 Å². The van der Waals surface area contributed by atoms with Crippen LogP contribution in [-0.2, 0) is 4.79 Å². The fourth-order valence-corrected chi connectivity index (χ4v) is 0.864. The van der Waals surface area contributed by atoms with Crippen LogP contribution < -0.4 is 10.7 Å². The van der Waals surface area contributed by atoms with E-state index >= 15 is 0 Å². The van der Waals surface area contributed by atoms with Crippen molar-refractivity contribution in [3.63, 3.8) is 0 Å². The molecule has 0 saturated carbocycles. The lowest BCUT2D eigenvalue weighted by Crippen LogP contribution is -2.76. The second-order valence-corrected chi connectivity index (χ2v) is 2.76. The summed E-state index contributed by atoms with van der Waals surface area (Å²) < 4.78 is 0. The SMILES string of the molecule is C=[NH+]C(CCCN=C(C)N)C(=O)O. The first kappa shape index (κ1) is 11.6. The molecule has 74 valence electrons. The largest absolute Gasteiger partial charge is 0.476 e. The molecule has 0 bridgehead atoms. The molecule has 0 saturated heterocycles. The Hall–Kier alpha value is -1.39. The number of nitrogens with zero attached hydrogens (tertiary/aromatic N) is 1. The van der Waals surface area contributed by atoms with Gasteiger partial charge in [-0.1, -0.05) is 0 Å². The predicted octanol–water partition coefficient (Wildman–Crippen LogP) is -1.62. The molecule has 0 aliphatic carbocycles. The standard InChI is InChI=1S/C8H15N3O2/c1-6(9)11-5-3-4-7(10-2)8(12)13/h7H,2-5H2,1H3,(H2,9,11)(H,12,13)/p+1. The van der Waals surface area contributed by atoms with Gasteiger partial charge in [-0.3, -0.25) is 4.99 Å². The van der Waals surface area contributed by atoms with Gasteiger partial charge in [-0.25, -0.2) is 9.79 Å². The van der Waals surface area contributed by atoms with Gasteiger partial charge in [-0.05, 0) is 13.3 Å². The molecule has 0 fully saturated rings. The summed E-state index contributed by atoms with van der Waals surface area (Å²) >= 11 is 0. The van der Waals surface area contributed by atoms with Gasteiger partial charge in [-0.15, -0.1) is 0 Å². The highest BCUT2D eigenvalue weighted by atomic mass is 16.4. The fraction of sp³-hybridized carbons (Fsp3) is 0.625. The molecule has 13 heavy (non-hydrogen) atoms. The molecule has 1 atom stereocenters. The van der Waals surface area contributed by atoms with Gasteiger partial charge >= 0.3 is 5.97 Å². The summed E-state index contributed by atoms with van der Waals surface area (Å²) in [5.74, 6) is -0.363. The minimum absolute atomic E-state index is 0.510. The van der Waals surface area contributed by atoms with Crippen LogP contribution in [0.5, 0.6) is 0 Å². The molecule has 0 aromatic rings. The zero-order valence-corrected chi connectivity index (χ0v) is 7.79. The second-order valence-electron chi connectivity index (χ2n) is 2.76. The maximum atomic E-state index is 10.5. The van der Waals surface area contributed by atoms with Crippen molar-refractivity contribution in [2.45, 2.75) is 25.8 Å². The Kier molecular flexibility index (Phi) is 5.50. The Balaban J connectivity index is 3.68. The van der Waals surface area contributed by atoms with E-state index in [1.54, 1.807) is 6.92 Å². The van der Waals surface area contributed by atoms with E-state index in [2.05, 4.69) is 16.7 Å². The summed E-state index contributed by atoms with van der Waals surface area (Å²) in [4.78, 5) is 16.9. The highest BCUT2D eigenvalue weighted by Gasteiger charge is 2.18. The quantitative estimate of drug-likeness (QED) is 0.264. The first-order valence-electron chi connectivity index (χ1n) is 4.10. The van der Waals surface area contributed by atoms with E-state index in [1.165, 1.54) is 0 Å². The minimum atomic E-state index is -0.886. The maximum absolute atomic E-state index is 10.5.